The lowest BCUT2D eigenvalue weighted by molar-refractivity contribution is 0.0517. The molecule has 0 radical (unpaired) electrons. The number of phenols is 1. The summed E-state index contributed by atoms with van der Waals surface area (Å²) in [6, 6.07) is 29.6. The van der Waals surface area contributed by atoms with Gasteiger partial charge in [0.15, 0.2) is 0 Å². The molecular weight excluding hydrogens is 658 g/mol. The average Bonchev–Trinajstić information content (AvgIpc) is 3.16. The molecule has 1 fully saturated rings. The minimum absolute atomic E-state index is 0.0408. The topological polar surface area (TPSA) is 147 Å². The smallest absolute Gasteiger partial charge is 0.411 e. The molecule has 5 N–H and O–H groups in total. The summed E-state index contributed by atoms with van der Waals surface area (Å²) < 4.78 is 5.80. The van der Waals surface area contributed by atoms with E-state index in [0.29, 0.717) is 41.8 Å². The Morgan fingerprint density at radius 2 is 1.67 bits per heavy atom. The van der Waals surface area contributed by atoms with Crippen LogP contribution in [0.2, 0.25) is 0 Å². The van der Waals surface area contributed by atoms with Crippen molar-refractivity contribution < 1.29 is 24.5 Å². The number of phenolic OH excluding ortho intramolecular Hbond substituents is 1. The average molecular weight is 702 g/mol. The molecule has 1 aromatic heterocycles. The van der Waals surface area contributed by atoms with Crippen molar-refractivity contribution in [3.05, 3.63) is 130 Å². The maximum Gasteiger partial charge on any atom is 0.411 e. The first-order chi connectivity index (χ1) is 25.3. The number of nitrogens with one attached hydrogen (secondary N) is 3. The number of H-pyrrole nitrogens is 1. The number of piperidine rings is 1. The molecule has 2 amide bonds. The van der Waals surface area contributed by atoms with Crippen LogP contribution in [0.15, 0.2) is 102 Å². The van der Waals surface area contributed by atoms with Gasteiger partial charge in [-0.3, -0.25) is 14.9 Å². The number of pyridine rings is 1. The SMILES string of the molecule is O=C(Nc1ccccc1-c1ccccc1)OC1CCN(CCN2CCc3cc(CNCC(O)c4ccc(O)c5[nH]c(=O)ccc45)ccc3C2=O)CC1. The largest absolute Gasteiger partial charge is 0.506 e. The molecule has 52 heavy (non-hydrogen) atoms. The Labute approximate surface area is 301 Å². The van der Waals surface area contributed by atoms with Gasteiger partial charge in [0, 0.05) is 68.4 Å². The molecule has 1 atom stereocenters. The first-order valence-electron chi connectivity index (χ1n) is 17.8. The predicted octanol–water partition coefficient (Wildman–Crippen LogP) is 5.44. The number of aromatic nitrogens is 1. The molecule has 0 aliphatic carbocycles. The Bertz CT molecular complexity index is 2110. The van der Waals surface area contributed by atoms with Crippen LogP contribution >= 0.6 is 0 Å². The molecule has 11 nitrogen and oxygen atoms in total. The van der Waals surface area contributed by atoms with Gasteiger partial charge >= 0.3 is 6.09 Å². The summed E-state index contributed by atoms with van der Waals surface area (Å²) in [5, 5.41) is 27.8. The van der Waals surface area contributed by atoms with Crippen molar-refractivity contribution in [1.82, 2.24) is 20.1 Å². The molecular formula is C41H43N5O6. The molecule has 5 aromatic rings. The van der Waals surface area contributed by atoms with E-state index in [-0.39, 0.29) is 29.9 Å². The number of carbonyl (C=O) groups is 2. The number of aromatic hydroxyl groups is 1. The summed E-state index contributed by atoms with van der Waals surface area (Å²) in [7, 11) is 0. The van der Waals surface area contributed by atoms with E-state index in [4.69, 9.17) is 4.74 Å². The highest BCUT2D eigenvalue weighted by Crippen LogP contribution is 2.30. The number of nitrogens with zero attached hydrogens (tertiary/aromatic N) is 2. The summed E-state index contributed by atoms with van der Waals surface area (Å²) in [4.78, 5) is 44.8. The highest BCUT2D eigenvalue weighted by molar-refractivity contribution is 5.97. The number of hydrogen-bond donors (Lipinski definition) is 5. The van der Waals surface area contributed by atoms with Crippen LogP contribution in [-0.2, 0) is 17.7 Å². The van der Waals surface area contributed by atoms with Gasteiger partial charge in [0.1, 0.15) is 11.9 Å². The molecule has 1 saturated heterocycles. The number of anilines is 1. The number of para-hydroxylation sites is 1. The first kappa shape index (κ1) is 34.9. The van der Waals surface area contributed by atoms with E-state index >= 15 is 0 Å². The lowest BCUT2D eigenvalue weighted by atomic mass is 9.96. The van der Waals surface area contributed by atoms with Crippen molar-refractivity contribution in [2.45, 2.75) is 38.0 Å². The third-order valence-corrected chi connectivity index (χ3v) is 10.0. The van der Waals surface area contributed by atoms with E-state index < -0.39 is 12.2 Å². The number of likely N-dealkylation sites (tertiary alicyclic amines) is 1. The number of ether oxygens (including phenoxy) is 1. The van der Waals surface area contributed by atoms with Crippen LogP contribution in [0.1, 0.15) is 46.0 Å². The second kappa shape index (κ2) is 15.8. The Kier molecular flexibility index (Phi) is 10.6. The minimum Gasteiger partial charge on any atom is -0.506 e. The lowest BCUT2D eigenvalue weighted by Crippen LogP contribution is -2.45. The second-order valence-electron chi connectivity index (χ2n) is 13.4. The number of aliphatic hydroxyl groups is 1. The normalized spacial score (nSPS) is 15.7. The van der Waals surface area contributed by atoms with Crippen LogP contribution in [0.3, 0.4) is 0 Å². The van der Waals surface area contributed by atoms with Gasteiger partial charge in [0.25, 0.3) is 5.91 Å². The van der Waals surface area contributed by atoms with Gasteiger partial charge in [0.2, 0.25) is 5.56 Å². The van der Waals surface area contributed by atoms with Crippen molar-refractivity contribution in [3.8, 4) is 16.9 Å². The number of carbonyl (C=O) groups excluding carboxylic acids is 2. The molecule has 2 aliphatic rings. The zero-order valence-electron chi connectivity index (χ0n) is 28.9. The van der Waals surface area contributed by atoms with Gasteiger partial charge in [-0.05, 0) is 65.8 Å². The van der Waals surface area contributed by atoms with E-state index in [1.54, 1.807) is 12.1 Å². The molecule has 0 saturated carbocycles. The molecule has 0 spiro atoms. The molecule has 4 aromatic carbocycles. The molecule has 11 heteroatoms. The Balaban J connectivity index is 0.848. The molecule has 1 unspecified atom stereocenters. The highest BCUT2D eigenvalue weighted by atomic mass is 16.6. The molecule has 7 rings (SSSR count). The number of benzene rings is 4. The van der Waals surface area contributed by atoms with Crippen molar-refractivity contribution in [3.63, 3.8) is 0 Å². The summed E-state index contributed by atoms with van der Waals surface area (Å²) >= 11 is 0. The van der Waals surface area contributed by atoms with Crippen molar-refractivity contribution in [2.75, 3.05) is 44.6 Å². The lowest BCUT2D eigenvalue weighted by Gasteiger charge is -2.34. The first-order valence-corrected chi connectivity index (χ1v) is 17.8. The van der Waals surface area contributed by atoms with Crippen molar-refractivity contribution >= 4 is 28.6 Å². The molecule has 2 aliphatic heterocycles. The van der Waals surface area contributed by atoms with Crippen LogP contribution in [0.5, 0.6) is 5.75 Å². The minimum atomic E-state index is -0.854. The fraction of sp³-hybridized carbons (Fsp3) is 0.293. The predicted molar refractivity (Wildman–Crippen MR) is 200 cm³/mol. The summed E-state index contributed by atoms with van der Waals surface area (Å²) in [5.41, 5.74) is 6.04. The monoisotopic (exact) mass is 701 g/mol. The number of aromatic amines is 1. The summed E-state index contributed by atoms with van der Waals surface area (Å²) in [6.45, 7) is 4.43. The molecule has 3 heterocycles. The number of rotatable bonds is 11. The van der Waals surface area contributed by atoms with Crippen LogP contribution in [-0.4, -0.2) is 82.4 Å². The maximum absolute atomic E-state index is 13.4. The zero-order chi connectivity index (χ0) is 36.0. The Morgan fingerprint density at radius 3 is 2.50 bits per heavy atom. The van der Waals surface area contributed by atoms with Gasteiger partial charge in [-0.1, -0.05) is 66.7 Å². The van der Waals surface area contributed by atoms with Crippen LogP contribution < -0.4 is 16.2 Å². The quantitative estimate of drug-likeness (QED) is 0.123. The van der Waals surface area contributed by atoms with Crippen LogP contribution in [0.4, 0.5) is 10.5 Å². The second-order valence-corrected chi connectivity index (χ2v) is 13.4. The number of aliphatic hydroxyl groups excluding tert-OH is 1. The van der Waals surface area contributed by atoms with E-state index in [1.807, 2.05) is 71.6 Å². The van der Waals surface area contributed by atoms with Crippen molar-refractivity contribution in [2.24, 2.45) is 0 Å². The van der Waals surface area contributed by atoms with Gasteiger partial charge in [-0.2, -0.15) is 0 Å². The Hall–Kier alpha value is -5.49. The molecule has 268 valence electrons. The standard InChI is InChI=1S/C41H43N5O6/c47-36-14-12-33(34-13-15-38(49)44-39(34)36)37(48)26-42-25-27-10-11-32-29(24-27)16-21-46(40(32)50)23-22-45-19-17-30(18-20-45)52-41(51)43-35-9-5-4-8-31(35)28-6-2-1-3-7-28/h1-15,24,30,37,42,47-48H,16-23,25-26H2,(H,43,51)(H,44,49). The fourth-order valence-electron chi connectivity index (χ4n) is 7.19. The van der Waals surface area contributed by atoms with Crippen LogP contribution in [0, 0.1) is 0 Å². The molecule has 0 bridgehead atoms. The fourth-order valence-corrected chi connectivity index (χ4v) is 7.19. The highest BCUT2D eigenvalue weighted by Gasteiger charge is 2.27. The third kappa shape index (κ3) is 8.02. The van der Waals surface area contributed by atoms with E-state index in [1.165, 1.54) is 12.1 Å². The van der Waals surface area contributed by atoms with Gasteiger partial charge in [-0.15, -0.1) is 0 Å². The summed E-state index contributed by atoms with van der Waals surface area (Å²) in [5.74, 6) is -0.00622. The summed E-state index contributed by atoms with van der Waals surface area (Å²) in [6.07, 6.45) is 0.796. The van der Waals surface area contributed by atoms with E-state index in [0.717, 1.165) is 66.7 Å². The van der Waals surface area contributed by atoms with Gasteiger partial charge in [-0.25, -0.2) is 4.79 Å². The van der Waals surface area contributed by atoms with Crippen molar-refractivity contribution in [1.29, 1.82) is 0 Å². The van der Waals surface area contributed by atoms with Crippen LogP contribution in [0.25, 0.3) is 22.0 Å². The van der Waals surface area contributed by atoms with Gasteiger partial charge < -0.3 is 35.1 Å². The third-order valence-electron chi connectivity index (χ3n) is 10.0. The number of fused-ring (bicyclic) bond motifs is 2. The number of amides is 2. The van der Waals surface area contributed by atoms with Gasteiger partial charge in [0.05, 0.1) is 17.3 Å². The van der Waals surface area contributed by atoms with E-state index in [9.17, 15) is 24.6 Å². The van der Waals surface area contributed by atoms with E-state index in [2.05, 4.69) is 26.6 Å². The Morgan fingerprint density at radius 1 is 0.885 bits per heavy atom. The zero-order valence-corrected chi connectivity index (χ0v) is 28.9. The maximum atomic E-state index is 13.4. The number of hydrogen-bond acceptors (Lipinski definition) is 8.